The fraction of sp³-hybridized carbons (Fsp3) is 0.0909. The Balaban J connectivity index is 1.33. The number of rotatable bonds is 6. The summed E-state index contributed by atoms with van der Waals surface area (Å²) in [7, 11) is 3.21. The molecule has 6 aromatic rings. The van der Waals surface area contributed by atoms with E-state index in [4.69, 9.17) is 26.7 Å². The number of ether oxygens (including phenoxy) is 2. The van der Waals surface area contributed by atoms with E-state index in [1.54, 1.807) is 14.2 Å². The molecule has 0 unspecified atom stereocenters. The van der Waals surface area contributed by atoms with E-state index in [1.165, 1.54) is 27.2 Å². The Morgan fingerprint density at radius 3 is 1.82 bits per heavy atom. The molecule has 0 aliphatic carbocycles. The van der Waals surface area contributed by atoms with Crippen LogP contribution in [-0.4, -0.2) is 38.8 Å². The zero-order valence-electron chi connectivity index (χ0n) is 19.9. The number of hydrogen-bond donors (Lipinski definition) is 3. The van der Waals surface area contributed by atoms with Crippen molar-refractivity contribution in [1.29, 1.82) is 0 Å². The number of hydrogen-bond acceptors (Lipinski definition) is 15. The molecule has 16 heteroatoms. The first-order chi connectivity index (χ1) is 18.4. The smallest absolute Gasteiger partial charge is 0.231 e. The zero-order valence-corrected chi connectivity index (χ0v) is 21.5. The van der Waals surface area contributed by atoms with Gasteiger partial charge in [-0.1, -0.05) is 22.7 Å². The summed E-state index contributed by atoms with van der Waals surface area (Å²) in [5.41, 5.74) is 20.7. The van der Waals surface area contributed by atoms with Crippen molar-refractivity contribution in [3.05, 3.63) is 36.4 Å². The van der Waals surface area contributed by atoms with Gasteiger partial charge in [0.1, 0.15) is 11.5 Å². The number of nitrogens with two attached hydrogens (primary N) is 3. The van der Waals surface area contributed by atoms with Crippen molar-refractivity contribution in [3.8, 4) is 11.5 Å². The van der Waals surface area contributed by atoms with Crippen LogP contribution in [-0.2, 0) is 0 Å². The quantitative estimate of drug-likeness (QED) is 0.224. The predicted molar refractivity (Wildman–Crippen MR) is 147 cm³/mol. The first kappa shape index (κ1) is 23.4. The monoisotopic (exact) mass is 546 g/mol. The molecule has 0 aliphatic rings. The largest absolute Gasteiger partial charge is 0.497 e. The molecule has 0 fully saturated rings. The first-order valence-electron chi connectivity index (χ1n) is 10.9. The van der Waals surface area contributed by atoms with Crippen molar-refractivity contribution in [2.24, 2.45) is 20.5 Å². The van der Waals surface area contributed by atoms with Crippen molar-refractivity contribution in [2.45, 2.75) is 0 Å². The van der Waals surface area contributed by atoms with Crippen LogP contribution in [0.5, 0.6) is 11.5 Å². The predicted octanol–water partition coefficient (Wildman–Crippen LogP) is 5.54. The first-order valence-corrected chi connectivity index (χ1v) is 12.5. The van der Waals surface area contributed by atoms with Gasteiger partial charge in [0.05, 0.1) is 34.7 Å². The van der Waals surface area contributed by atoms with Gasteiger partial charge in [-0.15, -0.1) is 25.6 Å². The van der Waals surface area contributed by atoms with Crippen LogP contribution in [0, 0.1) is 0 Å². The third-order valence-electron chi connectivity index (χ3n) is 5.44. The number of nitrogens with zero attached hydrogens (tertiary/aromatic N) is 9. The second-order valence-electron chi connectivity index (χ2n) is 7.76. The van der Waals surface area contributed by atoms with E-state index in [1.807, 2.05) is 36.4 Å². The molecule has 6 N–H and O–H groups in total. The molecule has 0 spiro atoms. The third kappa shape index (κ3) is 4.06. The lowest BCUT2D eigenvalue weighted by Crippen LogP contribution is -2.04. The summed E-state index contributed by atoms with van der Waals surface area (Å²) in [5.74, 6) is 1.61. The molecule has 4 heterocycles. The van der Waals surface area contributed by atoms with Crippen molar-refractivity contribution in [1.82, 2.24) is 24.6 Å². The Kier molecular flexibility index (Phi) is 5.65. The highest BCUT2D eigenvalue weighted by Gasteiger charge is 2.19. The van der Waals surface area contributed by atoms with Gasteiger partial charge in [0.25, 0.3) is 0 Å². The molecular weight excluding hydrogens is 528 g/mol. The maximum Gasteiger partial charge on any atom is 0.231 e. The molecule has 0 saturated carbocycles. The minimum Gasteiger partial charge on any atom is -0.497 e. The lowest BCUT2D eigenvalue weighted by Gasteiger charge is -2.04. The number of azo groups is 2. The van der Waals surface area contributed by atoms with Gasteiger partial charge in [0.15, 0.2) is 34.5 Å². The van der Waals surface area contributed by atoms with Crippen LogP contribution in [0.3, 0.4) is 0 Å². The number of fused-ring (bicyclic) bond motifs is 3. The Labute approximate surface area is 221 Å². The minimum atomic E-state index is 0.0185. The van der Waals surface area contributed by atoms with E-state index >= 15 is 0 Å². The highest BCUT2D eigenvalue weighted by atomic mass is 32.1. The molecule has 0 aliphatic heterocycles. The second-order valence-corrected chi connectivity index (χ2v) is 9.78. The highest BCUT2D eigenvalue weighted by molar-refractivity contribution is 7.22. The highest BCUT2D eigenvalue weighted by Crippen LogP contribution is 2.38. The number of methoxy groups -OCH3 is 2. The number of anilines is 3. The SMILES string of the molecule is COc1ccc2nc(N=Nc3c(N)nc4c(N=Nc5nc6ccc(OC)cc6s5)c(N)nn4c3N)sc2c1. The van der Waals surface area contributed by atoms with Crippen LogP contribution < -0.4 is 26.7 Å². The molecule has 0 amide bonds. The standard InChI is InChI=1S/C22H18N12O2S2/c1-35-9-3-5-11-13(7-9)37-21(26-11)31-29-15-17(23)28-20-16(18(24)33-34(20)19(15)25)30-32-22-27-12-6-4-10(36-2)8-14(12)38-22/h3-8H,25H2,1-2H3,(H2,23,28)(H2,24,33). The Hall–Kier alpha value is -4.96. The van der Waals surface area contributed by atoms with Gasteiger partial charge in [-0.25, -0.2) is 15.0 Å². The molecule has 0 radical (unpaired) electrons. The number of nitrogen functional groups attached to an aromatic ring is 3. The molecule has 38 heavy (non-hydrogen) atoms. The maximum atomic E-state index is 6.31. The lowest BCUT2D eigenvalue weighted by molar-refractivity contribution is 0.415. The molecule has 0 saturated heterocycles. The Bertz CT molecular complexity index is 1910. The lowest BCUT2D eigenvalue weighted by atomic mass is 10.3. The van der Waals surface area contributed by atoms with Crippen molar-refractivity contribution in [3.63, 3.8) is 0 Å². The van der Waals surface area contributed by atoms with Crippen LogP contribution in [0.1, 0.15) is 0 Å². The molecule has 4 aromatic heterocycles. The Morgan fingerprint density at radius 1 is 0.711 bits per heavy atom. The number of thiazole rings is 2. The summed E-state index contributed by atoms with van der Waals surface area (Å²) < 4.78 is 13.6. The van der Waals surface area contributed by atoms with Gasteiger partial charge in [-0.2, -0.15) is 4.52 Å². The minimum absolute atomic E-state index is 0.0185. The van der Waals surface area contributed by atoms with Crippen LogP contribution in [0.25, 0.3) is 26.1 Å². The van der Waals surface area contributed by atoms with Gasteiger partial charge in [0, 0.05) is 0 Å². The van der Waals surface area contributed by atoms with Gasteiger partial charge >= 0.3 is 0 Å². The molecule has 14 nitrogen and oxygen atoms in total. The van der Waals surface area contributed by atoms with E-state index in [0.717, 1.165) is 31.9 Å². The average Bonchev–Trinajstić information content (AvgIpc) is 3.60. The van der Waals surface area contributed by atoms with Crippen molar-refractivity contribution >= 4 is 87.8 Å². The molecule has 190 valence electrons. The average molecular weight is 547 g/mol. The van der Waals surface area contributed by atoms with E-state index < -0.39 is 0 Å². The number of aromatic nitrogens is 5. The molecule has 0 bridgehead atoms. The second kappa shape index (κ2) is 9.16. The fourth-order valence-corrected chi connectivity index (χ4v) is 5.22. The van der Waals surface area contributed by atoms with Crippen LogP contribution in [0.15, 0.2) is 56.9 Å². The molecule has 6 rings (SSSR count). The molecule has 0 atom stereocenters. The van der Waals surface area contributed by atoms with Crippen LogP contribution >= 0.6 is 22.7 Å². The van der Waals surface area contributed by atoms with Gasteiger partial charge in [-0.05, 0) is 36.4 Å². The maximum absolute atomic E-state index is 6.31. The van der Waals surface area contributed by atoms with Crippen molar-refractivity contribution in [2.75, 3.05) is 31.4 Å². The summed E-state index contributed by atoms with van der Waals surface area (Å²) >= 11 is 2.69. The van der Waals surface area contributed by atoms with Crippen LogP contribution in [0.2, 0.25) is 0 Å². The fourth-order valence-electron chi connectivity index (χ4n) is 3.59. The van der Waals surface area contributed by atoms with Gasteiger partial charge in [0.2, 0.25) is 10.3 Å². The summed E-state index contributed by atoms with van der Waals surface area (Å²) in [6.07, 6.45) is 0. The Morgan fingerprint density at radius 2 is 1.26 bits per heavy atom. The van der Waals surface area contributed by atoms with E-state index in [-0.39, 0.29) is 34.5 Å². The topological polar surface area (TPSA) is 202 Å². The van der Waals surface area contributed by atoms with E-state index in [9.17, 15) is 0 Å². The summed E-state index contributed by atoms with van der Waals surface area (Å²) in [6, 6.07) is 11.1. The summed E-state index contributed by atoms with van der Waals surface area (Å²) in [4.78, 5) is 13.2. The van der Waals surface area contributed by atoms with E-state index in [0.29, 0.717) is 10.3 Å². The summed E-state index contributed by atoms with van der Waals surface area (Å²) in [6.45, 7) is 0. The number of benzene rings is 2. The summed E-state index contributed by atoms with van der Waals surface area (Å²) in [5, 5.41) is 21.9. The van der Waals surface area contributed by atoms with Gasteiger partial charge < -0.3 is 26.7 Å². The van der Waals surface area contributed by atoms with E-state index in [2.05, 4.69) is 40.5 Å². The molecular formula is C22H18N12O2S2. The normalized spacial score (nSPS) is 12.1. The van der Waals surface area contributed by atoms with Crippen LogP contribution in [0.4, 0.5) is 39.1 Å². The van der Waals surface area contributed by atoms with Crippen molar-refractivity contribution < 1.29 is 9.47 Å². The van der Waals surface area contributed by atoms with Gasteiger partial charge in [-0.3, -0.25) is 0 Å². The third-order valence-corrected chi connectivity index (χ3v) is 7.25. The zero-order chi connectivity index (χ0) is 26.4. The molecule has 2 aromatic carbocycles.